The highest BCUT2D eigenvalue weighted by atomic mass is 16.8. The topological polar surface area (TPSA) is 193 Å². The highest BCUT2D eigenvalue weighted by Gasteiger charge is 2.69. The molecule has 17 nitrogen and oxygen atoms in total. The van der Waals surface area contributed by atoms with Crippen LogP contribution in [0.25, 0.3) is 0 Å². The van der Waals surface area contributed by atoms with E-state index in [0.717, 1.165) is 76.2 Å². The van der Waals surface area contributed by atoms with Crippen LogP contribution in [0.5, 0.6) is 0 Å². The molecule has 0 aliphatic carbocycles. The van der Waals surface area contributed by atoms with Gasteiger partial charge in [-0.2, -0.15) is 0 Å². The van der Waals surface area contributed by atoms with Gasteiger partial charge < -0.3 is 77.2 Å². The molecule has 0 amide bonds. The van der Waals surface area contributed by atoms with Gasteiger partial charge >= 0.3 is 5.97 Å². The standard InChI is InChI=1S/C58H87NO16/c1-6-40-32(5)29(2)19-34(63-40)8-10-41-30(3)20-36(64-41)13-16-58-27-49-53(74-58)54-55(71-49)56(75-58)52-42(70-54)11-9-35(68-52)24-50(61)66-38-23-46-45(62-28-38)25-48-47(69-46)22-37(65-48)21-44-39(60)14-17-57(73-44)26-31(4)51-43(72-57)12-7-33(67-51)15-18-59/h29,31,33-49,51-56,60H,3,5-28,59H2,1-2,4H3/t29-,31+,33+,34+,35-,36+,37+,38-,39+,40-,41+,42+,43+,44+,45+,46?,47?,48-,49-,51+,52+,53+,54+,55?,56+,57+,58+/m1/s1. The minimum absolute atomic E-state index is 0.0212. The van der Waals surface area contributed by atoms with Crippen molar-refractivity contribution in [2.75, 3.05) is 13.2 Å². The van der Waals surface area contributed by atoms with Crippen molar-refractivity contribution >= 4 is 5.97 Å². The van der Waals surface area contributed by atoms with Crippen LogP contribution >= 0.6 is 0 Å². The van der Waals surface area contributed by atoms with E-state index in [0.29, 0.717) is 76.9 Å². The van der Waals surface area contributed by atoms with Gasteiger partial charge in [0.1, 0.15) is 36.6 Å². The highest BCUT2D eigenvalue weighted by Crippen LogP contribution is 2.55. The Bertz CT molecular complexity index is 2080. The van der Waals surface area contributed by atoms with Crippen molar-refractivity contribution in [3.05, 3.63) is 24.3 Å². The molecule has 75 heavy (non-hydrogen) atoms. The molecule has 14 heterocycles. The summed E-state index contributed by atoms with van der Waals surface area (Å²) in [5.41, 5.74) is 8.23. The molecule has 3 unspecified atom stereocenters. The Morgan fingerprint density at radius 3 is 2.29 bits per heavy atom. The van der Waals surface area contributed by atoms with E-state index in [1.165, 1.54) is 5.57 Å². The number of nitrogens with two attached hydrogens (primary N) is 1. The smallest absolute Gasteiger partial charge is 0.308 e. The number of carbonyl (C=O) groups is 1. The summed E-state index contributed by atoms with van der Waals surface area (Å²) in [4.78, 5) is 13.7. The summed E-state index contributed by atoms with van der Waals surface area (Å²) in [6.07, 6.45) is 12.0. The van der Waals surface area contributed by atoms with Crippen LogP contribution in [0.1, 0.15) is 156 Å². The molecule has 14 saturated heterocycles. The van der Waals surface area contributed by atoms with Crippen molar-refractivity contribution in [3.8, 4) is 0 Å². The molecule has 14 aliphatic rings. The zero-order valence-electron chi connectivity index (χ0n) is 44.8. The van der Waals surface area contributed by atoms with Crippen LogP contribution in [-0.2, 0) is 71.1 Å². The predicted molar refractivity (Wildman–Crippen MR) is 268 cm³/mol. The first kappa shape index (κ1) is 52.7. The van der Waals surface area contributed by atoms with Gasteiger partial charge in [-0.25, -0.2) is 0 Å². The van der Waals surface area contributed by atoms with E-state index in [4.69, 9.17) is 72.0 Å². The zero-order chi connectivity index (χ0) is 51.3. The number of ether oxygens (including phenoxy) is 14. The van der Waals surface area contributed by atoms with E-state index >= 15 is 0 Å². The van der Waals surface area contributed by atoms with E-state index in [1.807, 2.05) is 0 Å². The molecule has 0 radical (unpaired) electrons. The van der Waals surface area contributed by atoms with Gasteiger partial charge in [-0.15, -0.1) is 0 Å². The molecule has 0 aromatic rings. The van der Waals surface area contributed by atoms with Gasteiger partial charge in [0.05, 0.1) is 117 Å². The van der Waals surface area contributed by atoms with E-state index in [-0.39, 0.29) is 134 Å². The molecule has 0 aromatic heterocycles. The molecule has 6 bridgehead atoms. The van der Waals surface area contributed by atoms with Crippen molar-refractivity contribution in [3.63, 3.8) is 0 Å². The molecule has 14 aliphatic heterocycles. The first-order chi connectivity index (χ1) is 36.3. The Hall–Kier alpha value is -1.65. The summed E-state index contributed by atoms with van der Waals surface area (Å²) in [5, 5.41) is 11.2. The molecule has 0 aromatic carbocycles. The first-order valence-corrected chi connectivity index (χ1v) is 29.8. The zero-order valence-corrected chi connectivity index (χ0v) is 44.8. The van der Waals surface area contributed by atoms with Crippen LogP contribution in [0.2, 0.25) is 0 Å². The molecule has 27 atom stereocenters. The summed E-state index contributed by atoms with van der Waals surface area (Å²) in [5.74, 6) is -1.12. The van der Waals surface area contributed by atoms with Crippen molar-refractivity contribution in [1.82, 2.24) is 0 Å². The SMILES string of the molecule is C=C1C[C@H](CC[C@@]23C[C@H]4OC5[C@@H](O[C@H]6CC[C@H](CC(=O)O[C@H]7CO[C@H]8C[C@H]9O[C@@H](C[C@@H]%10O[C@@]%11(CC[C@@H]%10O)C[C@H](C)[C@@H]%10O[C@H](CCN)CC[C@@H]%10O%11)CC9OC8C7)O[C@@H]6[C@@H]5O2)[C@H]4O3)O[C@H]1CC[C@H]1C[C@@H](C)C(=C)[C@@H](CC)O1. The van der Waals surface area contributed by atoms with Crippen LogP contribution in [-0.4, -0.2) is 176 Å². The molecule has 14 rings (SSSR count). The summed E-state index contributed by atoms with van der Waals surface area (Å²) < 4.78 is 93.0. The number of aliphatic hydroxyl groups is 1. The molecule has 3 N–H and O–H groups in total. The fourth-order valence-corrected chi connectivity index (χ4v) is 16.3. The van der Waals surface area contributed by atoms with E-state index in [2.05, 4.69) is 33.9 Å². The van der Waals surface area contributed by atoms with Crippen LogP contribution in [0.15, 0.2) is 24.3 Å². The summed E-state index contributed by atoms with van der Waals surface area (Å²) in [7, 11) is 0. The number of aliphatic hydroxyl groups excluding tert-OH is 1. The second-order valence-electron chi connectivity index (χ2n) is 25.5. The van der Waals surface area contributed by atoms with Gasteiger partial charge in [0.25, 0.3) is 0 Å². The van der Waals surface area contributed by atoms with E-state index < -0.39 is 36.0 Å². The number of hydrogen-bond acceptors (Lipinski definition) is 17. The van der Waals surface area contributed by atoms with Crippen molar-refractivity contribution in [2.45, 2.75) is 308 Å². The monoisotopic (exact) mass is 1050 g/mol. The lowest BCUT2D eigenvalue weighted by molar-refractivity contribution is -0.364. The maximum atomic E-state index is 13.7. The summed E-state index contributed by atoms with van der Waals surface area (Å²) in [6, 6.07) is 0. The predicted octanol–water partition coefficient (Wildman–Crippen LogP) is 6.34. The number of fused-ring (bicyclic) bond motifs is 4. The van der Waals surface area contributed by atoms with Crippen LogP contribution in [0.3, 0.4) is 0 Å². The second-order valence-corrected chi connectivity index (χ2v) is 25.5. The Balaban J connectivity index is 0.567. The van der Waals surface area contributed by atoms with Gasteiger partial charge in [0, 0.05) is 51.4 Å². The second kappa shape index (κ2) is 21.3. The fourth-order valence-electron chi connectivity index (χ4n) is 16.3. The normalized spacial score (nSPS) is 52.8. The van der Waals surface area contributed by atoms with Crippen LogP contribution in [0, 0.1) is 11.8 Å². The quantitative estimate of drug-likeness (QED) is 0.145. The minimum atomic E-state index is -0.820. The lowest BCUT2D eigenvalue weighted by atomic mass is 9.81. The van der Waals surface area contributed by atoms with Gasteiger partial charge in [0.2, 0.25) is 0 Å². The average Bonchev–Trinajstić information content (AvgIpc) is 4.10. The van der Waals surface area contributed by atoms with Crippen molar-refractivity contribution in [1.29, 1.82) is 0 Å². The lowest BCUT2D eigenvalue weighted by Crippen LogP contribution is -2.61. The summed E-state index contributed by atoms with van der Waals surface area (Å²) >= 11 is 0. The van der Waals surface area contributed by atoms with Gasteiger partial charge in [-0.3, -0.25) is 4.79 Å². The largest absolute Gasteiger partial charge is 0.460 e. The molecular weight excluding hydrogens is 967 g/mol. The maximum Gasteiger partial charge on any atom is 0.308 e. The van der Waals surface area contributed by atoms with Gasteiger partial charge in [-0.05, 0) is 107 Å². The Labute approximate surface area is 443 Å². The average molecular weight is 1050 g/mol. The van der Waals surface area contributed by atoms with Crippen LogP contribution in [0.4, 0.5) is 0 Å². The maximum absolute atomic E-state index is 13.7. The van der Waals surface area contributed by atoms with Gasteiger partial charge in [-0.1, -0.05) is 33.9 Å². The van der Waals surface area contributed by atoms with Crippen molar-refractivity contribution in [2.24, 2.45) is 17.6 Å². The molecule has 14 fully saturated rings. The summed E-state index contributed by atoms with van der Waals surface area (Å²) in [6.45, 7) is 16.3. The third-order valence-electron chi connectivity index (χ3n) is 20.2. The fraction of sp³-hybridized carbons (Fsp3) is 0.914. The molecule has 420 valence electrons. The number of hydrogen-bond donors (Lipinski definition) is 2. The molecule has 1 spiro atoms. The Morgan fingerprint density at radius 2 is 1.43 bits per heavy atom. The first-order valence-electron chi connectivity index (χ1n) is 29.8. The number of rotatable bonds is 14. The third-order valence-corrected chi connectivity index (χ3v) is 20.2. The molecule has 0 saturated carbocycles. The van der Waals surface area contributed by atoms with Gasteiger partial charge in [0.15, 0.2) is 11.6 Å². The van der Waals surface area contributed by atoms with Crippen LogP contribution < -0.4 is 5.73 Å². The number of esters is 1. The lowest BCUT2D eigenvalue weighted by Gasteiger charge is -2.53. The Morgan fingerprint density at radius 1 is 0.653 bits per heavy atom. The molecular formula is C58H87NO16. The highest BCUT2D eigenvalue weighted by molar-refractivity contribution is 5.70. The van der Waals surface area contributed by atoms with E-state index in [9.17, 15) is 9.90 Å². The van der Waals surface area contributed by atoms with E-state index in [1.54, 1.807) is 0 Å². The number of carbonyl (C=O) groups excluding carboxylic acids is 1. The third kappa shape index (κ3) is 10.4. The van der Waals surface area contributed by atoms with Crippen molar-refractivity contribution < 1.29 is 76.2 Å². The molecule has 17 heteroatoms. The minimum Gasteiger partial charge on any atom is -0.460 e. The Kier molecular flexibility index (Phi) is 15.0.